The summed E-state index contributed by atoms with van der Waals surface area (Å²) in [5.41, 5.74) is 5.80. The highest BCUT2D eigenvalue weighted by molar-refractivity contribution is 6.25. The molecule has 3 aromatic heterocycles. The van der Waals surface area contributed by atoms with Crippen LogP contribution in [0.1, 0.15) is 0 Å². The van der Waals surface area contributed by atoms with Gasteiger partial charge in [-0.25, -0.2) is 4.98 Å². The molecule has 8 aromatic rings. The molecule has 0 bridgehead atoms. The first-order valence-corrected chi connectivity index (χ1v) is 12.2. The van der Waals surface area contributed by atoms with Gasteiger partial charge in [0.15, 0.2) is 0 Å². The quantitative estimate of drug-likeness (QED) is 0.254. The molecule has 0 N–H and O–H groups in total. The minimum atomic E-state index is 0.929. The van der Waals surface area contributed by atoms with Crippen LogP contribution in [0.3, 0.4) is 0 Å². The maximum Gasteiger partial charge on any atom is 0.137 e. The number of pyridine rings is 1. The number of benzene rings is 5. The van der Waals surface area contributed by atoms with Crippen LogP contribution in [0.15, 0.2) is 128 Å². The molecule has 0 aliphatic carbocycles. The summed E-state index contributed by atoms with van der Waals surface area (Å²) in [6, 6.07) is 43.1. The first-order chi connectivity index (χ1) is 17.9. The molecule has 36 heavy (non-hydrogen) atoms. The number of aromatic nitrogens is 3. The molecule has 0 fully saturated rings. The van der Waals surface area contributed by atoms with Gasteiger partial charge in [-0.3, -0.25) is 0 Å². The predicted octanol–water partition coefficient (Wildman–Crippen LogP) is 8.43. The predicted molar refractivity (Wildman–Crippen MR) is 150 cm³/mol. The lowest BCUT2D eigenvalue weighted by molar-refractivity contribution is 1.06. The van der Waals surface area contributed by atoms with Crippen molar-refractivity contribution in [2.45, 2.75) is 0 Å². The Balaban J connectivity index is 1.51. The smallest absolute Gasteiger partial charge is 0.137 e. The van der Waals surface area contributed by atoms with E-state index in [2.05, 4.69) is 131 Å². The Morgan fingerprint density at radius 2 is 1.28 bits per heavy atom. The number of fused-ring (bicyclic) bond motifs is 8. The van der Waals surface area contributed by atoms with E-state index in [1.165, 1.54) is 43.7 Å². The average molecular weight is 460 g/mol. The normalized spacial score (nSPS) is 11.9. The van der Waals surface area contributed by atoms with Crippen LogP contribution in [0, 0.1) is 0 Å². The number of nitrogens with zero attached hydrogens (tertiary/aromatic N) is 3. The molecule has 3 heterocycles. The summed E-state index contributed by atoms with van der Waals surface area (Å²) in [6.45, 7) is 0. The summed E-state index contributed by atoms with van der Waals surface area (Å²) in [6.07, 6.45) is 2.15. The molecule has 0 radical (unpaired) electrons. The molecule has 0 atom stereocenters. The summed E-state index contributed by atoms with van der Waals surface area (Å²) >= 11 is 0. The average Bonchev–Trinajstić information content (AvgIpc) is 3.53. The summed E-state index contributed by atoms with van der Waals surface area (Å²) in [4.78, 5) is 4.97. The zero-order chi connectivity index (χ0) is 23.6. The third-order valence-corrected chi connectivity index (χ3v) is 7.33. The molecule has 0 aliphatic rings. The van der Waals surface area contributed by atoms with Gasteiger partial charge in [-0.15, -0.1) is 0 Å². The molecule has 5 aromatic carbocycles. The van der Waals surface area contributed by atoms with Gasteiger partial charge in [0.05, 0.1) is 22.1 Å². The second-order valence-corrected chi connectivity index (χ2v) is 9.29. The summed E-state index contributed by atoms with van der Waals surface area (Å²) in [5, 5.41) is 7.42. The van der Waals surface area contributed by atoms with Gasteiger partial charge < -0.3 is 9.13 Å². The number of rotatable bonds is 2. The monoisotopic (exact) mass is 459 g/mol. The third-order valence-electron chi connectivity index (χ3n) is 7.33. The zero-order valence-corrected chi connectivity index (χ0v) is 19.5. The van der Waals surface area contributed by atoms with E-state index in [0.29, 0.717) is 0 Å². The molecule has 0 saturated carbocycles. The first-order valence-electron chi connectivity index (χ1n) is 12.2. The molecule has 0 unspecified atom stereocenters. The van der Waals surface area contributed by atoms with Crippen molar-refractivity contribution in [3.63, 3.8) is 0 Å². The molecule has 3 nitrogen and oxygen atoms in total. The van der Waals surface area contributed by atoms with Crippen LogP contribution in [-0.2, 0) is 0 Å². The second kappa shape index (κ2) is 7.30. The van der Waals surface area contributed by atoms with Gasteiger partial charge in [-0.1, -0.05) is 72.8 Å². The minimum Gasteiger partial charge on any atom is -0.309 e. The van der Waals surface area contributed by atoms with Crippen molar-refractivity contribution in [2.75, 3.05) is 0 Å². The highest BCUT2D eigenvalue weighted by Gasteiger charge is 2.17. The van der Waals surface area contributed by atoms with Crippen LogP contribution in [0.5, 0.6) is 0 Å². The molecule has 0 spiro atoms. The Bertz CT molecular complexity index is 2100. The number of para-hydroxylation sites is 3. The molecular formula is C33H21N3. The molecule has 3 heteroatoms. The maximum atomic E-state index is 4.97. The van der Waals surface area contributed by atoms with E-state index in [9.17, 15) is 0 Å². The lowest BCUT2D eigenvalue weighted by Gasteiger charge is -2.11. The van der Waals surface area contributed by atoms with Gasteiger partial charge in [0.1, 0.15) is 5.82 Å². The largest absolute Gasteiger partial charge is 0.309 e. The molecule has 168 valence electrons. The fourth-order valence-electron chi connectivity index (χ4n) is 5.72. The van der Waals surface area contributed by atoms with Crippen molar-refractivity contribution in [3.8, 4) is 11.5 Å². The molecule has 0 saturated heterocycles. The maximum absolute atomic E-state index is 4.97. The highest BCUT2D eigenvalue weighted by atomic mass is 15.1. The fourth-order valence-corrected chi connectivity index (χ4v) is 5.72. The Labute approximate surface area is 207 Å². The van der Waals surface area contributed by atoms with Gasteiger partial charge in [-0.2, -0.15) is 0 Å². The van der Waals surface area contributed by atoms with Crippen LogP contribution >= 0.6 is 0 Å². The summed E-state index contributed by atoms with van der Waals surface area (Å²) < 4.78 is 4.62. The van der Waals surface area contributed by atoms with Crippen LogP contribution in [0.2, 0.25) is 0 Å². The Morgan fingerprint density at radius 3 is 2.22 bits per heavy atom. The highest BCUT2D eigenvalue weighted by Crippen LogP contribution is 2.40. The van der Waals surface area contributed by atoms with E-state index >= 15 is 0 Å². The number of hydrogen-bond donors (Lipinski definition) is 0. The lowest BCUT2D eigenvalue weighted by Crippen LogP contribution is -1.96. The lowest BCUT2D eigenvalue weighted by atomic mass is 10.0. The molecule has 0 aliphatic heterocycles. The summed E-state index contributed by atoms with van der Waals surface area (Å²) in [7, 11) is 0. The Morgan fingerprint density at radius 1 is 0.500 bits per heavy atom. The van der Waals surface area contributed by atoms with Crippen LogP contribution in [0.4, 0.5) is 0 Å². The van der Waals surface area contributed by atoms with Crippen molar-refractivity contribution < 1.29 is 0 Å². The topological polar surface area (TPSA) is 22.8 Å². The van der Waals surface area contributed by atoms with Crippen molar-refractivity contribution in [1.29, 1.82) is 0 Å². The van der Waals surface area contributed by atoms with E-state index in [1.807, 2.05) is 6.07 Å². The van der Waals surface area contributed by atoms with E-state index in [1.54, 1.807) is 0 Å². The van der Waals surface area contributed by atoms with Gasteiger partial charge in [0.25, 0.3) is 0 Å². The zero-order valence-electron chi connectivity index (χ0n) is 19.5. The fraction of sp³-hybridized carbons (Fsp3) is 0. The number of hydrogen-bond acceptors (Lipinski definition) is 1. The van der Waals surface area contributed by atoms with Crippen molar-refractivity contribution >= 4 is 54.4 Å². The van der Waals surface area contributed by atoms with Gasteiger partial charge in [-0.05, 0) is 53.9 Å². The second-order valence-electron chi connectivity index (χ2n) is 9.29. The Hall–Kier alpha value is -4.89. The van der Waals surface area contributed by atoms with Gasteiger partial charge >= 0.3 is 0 Å². The molecular weight excluding hydrogens is 438 g/mol. The molecule has 8 rings (SSSR count). The van der Waals surface area contributed by atoms with Crippen LogP contribution in [0.25, 0.3) is 65.9 Å². The van der Waals surface area contributed by atoms with Crippen molar-refractivity contribution in [1.82, 2.24) is 14.1 Å². The third kappa shape index (κ3) is 2.65. The van der Waals surface area contributed by atoms with E-state index in [0.717, 1.165) is 22.2 Å². The van der Waals surface area contributed by atoms with Crippen molar-refractivity contribution in [2.24, 2.45) is 0 Å². The van der Waals surface area contributed by atoms with E-state index in [4.69, 9.17) is 4.98 Å². The van der Waals surface area contributed by atoms with E-state index < -0.39 is 0 Å². The van der Waals surface area contributed by atoms with Crippen LogP contribution < -0.4 is 0 Å². The van der Waals surface area contributed by atoms with Crippen molar-refractivity contribution in [3.05, 3.63) is 128 Å². The minimum absolute atomic E-state index is 0.929. The SMILES string of the molecule is c1ccc(-n2c3ccccc3c3ccc4ccc5c(ccn5-c5ccc6ccccc6n5)c4c32)cc1. The van der Waals surface area contributed by atoms with Crippen LogP contribution in [-0.4, -0.2) is 14.1 Å². The Kier molecular flexibility index (Phi) is 3.94. The first kappa shape index (κ1) is 19.4. The molecule has 0 amide bonds. The van der Waals surface area contributed by atoms with E-state index in [-0.39, 0.29) is 0 Å². The van der Waals surface area contributed by atoms with Gasteiger partial charge in [0, 0.05) is 38.8 Å². The summed E-state index contributed by atoms with van der Waals surface area (Å²) in [5.74, 6) is 0.929. The standard InChI is InChI=1S/C33H21N3/c1-2-9-24(10-3-1)36-30-13-7-5-11-25(30)26-17-14-23-15-18-29-27(32(23)33(26)36)20-21-35(29)31-19-16-22-8-4-6-12-28(22)34-31/h1-21H. The van der Waals surface area contributed by atoms with Gasteiger partial charge in [0.2, 0.25) is 0 Å².